The van der Waals surface area contributed by atoms with Crippen molar-refractivity contribution in [1.29, 1.82) is 0 Å². The number of aliphatic hydroxyl groups excluding tert-OH is 2. The highest BCUT2D eigenvalue weighted by Crippen LogP contribution is 1.86. The van der Waals surface area contributed by atoms with Crippen molar-refractivity contribution < 1.29 is 39.1 Å². The number of carbonyl (C=O) groups is 2. The molecule has 0 aliphatic rings. The fourth-order valence-electron chi connectivity index (χ4n) is 0.450. The molecule has 0 saturated carbocycles. The third kappa shape index (κ3) is 20.4. The van der Waals surface area contributed by atoms with Crippen LogP contribution in [0.3, 0.4) is 0 Å². The fourth-order valence-corrected chi connectivity index (χ4v) is 0.450. The maximum atomic E-state index is 10.1. The average Bonchev–Trinajstić information content (AvgIpc) is 2.27. The lowest BCUT2D eigenvalue weighted by Gasteiger charge is -1.94. The molecule has 0 aromatic heterocycles. The molecule has 8 nitrogen and oxygen atoms in total. The predicted molar refractivity (Wildman–Crippen MR) is 55.4 cm³/mol. The zero-order valence-electron chi connectivity index (χ0n) is 9.37. The second-order valence-corrected chi connectivity index (χ2v) is 2.26. The first-order valence-corrected chi connectivity index (χ1v) is 4.60. The van der Waals surface area contributed by atoms with Gasteiger partial charge in [-0.3, -0.25) is 0 Å². The third-order valence-corrected chi connectivity index (χ3v) is 0.942. The Bertz CT molecular complexity index is 221. The Morgan fingerprint density at radius 2 is 1.71 bits per heavy atom. The van der Waals surface area contributed by atoms with E-state index in [1.54, 1.807) is 6.92 Å². The van der Waals surface area contributed by atoms with Gasteiger partial charge in [-0.15, -0.1) is 0 Å². The van der Waals surface area contributed by atoms with Crippen molar-refractivity contribution in [3.05, 3.63) is 12.3 Å². The molecular formula is C9H16O8. The van der Waals surface area contributed by atoms with Gasteiger partial charge in [-0.05, 0) is 6.92 Å². The Labute approximate surface area is 98.0 Å². The summed E-state index contributed by atoms with van der Waals surface area (Å²) >= 11 is 0. The van der Waals surface area contributed by atoms with Crippen molar-refractivity contribution in [3.8, 4) is 0 Å². The molecule has 0 aromatic carbocycles. The van der Waals surface area contributed by atoms with E-state index >= 15 is 0 Å². The highest BCUT2D eigenvalue weighted by atomic mass is 16.8. The van der Waals surface area contributed by atoms with Crippen molar-refractivity contribution in [2.75, 3.05) is 26.4 Å². The quantitative estimate of drug-likeness (QED) is 0.277. The molecule has 0 spiro atoms. The van der Waals surface area contributed by atoms with E-state index in [2.05, 4.69) is 14.2 Å². The van der Waals surface area contributed by atoms with Crippen LogP contribution in [0.5, 0.6) is 0 Å². The lowest BCUT2D eigenvalue weighted by Crippen LogP contribution is -2.08. The van der Waals surface area contributed by atoms with Crippen LogP contribution >= 0.6 is 0 Å². The first-order chi connectivity index (χ1) is 8.08. The lowest BCUT2D eigenvalue weighted by atomic mass is 10.7. The Hall–Kier alpha value is -1.64. The topological polar surface area (TPSA) is 123 Å². The Morgan fingerprint density at radius 1 is 1.18 bits per heavy atom. The molecule has 0 radical (unpaired) electrons. The maximum absolute atomic E-state index is 10.1. The molecule has 0 atom stereocenters. The summed E-state index contributed by atoms with van der Waals surface area (Å²) in [7, 11) is 0. The number of hydrogen-bond acceptors (Lipinski definition) is 7. The highest BCUT2D eigenvalue weighted by molar-refractivity contribution is 5.75. The number of hydrogen-bond donors (Lipinski definition) is 3. The average molecular weight is 252 g/mol. The zero-order valence-corrected chi connectivity index (χ0v) is 9.37. The van der Waals surface area contributed by atoms with Crippen LogP contribution in [0.4, 0.5) is 9.59 Å². The molecule has 0 aliphatic carbocycles. The van der Waals surface area contributed by atoms with Gasteiger partial charge in [0, 0.05) is 0 Å². The van der Waals surface area contributed by atoms with Crippen molar-refractivity contribution in [1.82, 2.24) is 0 Å². The van der Waals surface area contributed by atoms with E-state index in [1.165, 1.54) is 6.08 Å². The van der Waals surface area contributed by atoms with Crippen molar-refractivity contribution in [3.63, 3.8) is 0 Å². The summed E-state index contributed by atoms with van der Waals surface area (Å²) in [6, 6.07) is 0. The maximum Gasteiger partial charge on any atom is 0.523 e. The molecule has 0 aromatic rings. The standard InChI is InChI=1S/C5H6O5.C4H10O3/c1-2-3-9-5(8)10-4(6)7;5-1-3-7-4-2-6/h2-3H,1H3,(H,6,7);5-6H,1-4H2. The lowest BCUT2D eigenvalue weighted by molar-refractivity contribution is 0.0650. The van der Waals surface area contributed by atoms with Crippen LogP contribution in [0, 0.1) is 0 Å². The number of rotatable bonds is 5. The summed E-state index contributed by atoms with van der Waals surface area (Å²) in [5.41, 5.74) is 0. The summed E-state index contributed by atoms with van der Waals surface area (Å²) in [5, 5.41) is 24.0. The molecule has 0 unspecified atom stereocenters. The minimum atomic E-state index is -1.69. The molecule has 0 fully saturated rings. The molecule has 0 rings (SSSR count). The summed E-state index contributed by atoms with van der Waals surface area (Å²) in [6.07, 6.45) is -0.505. The van der Waals surface area contributed by atoms with E-state index in [0.717, 1.165) is 6.26 Å². The van der Waals surface area contributed by atoms with Gasteiger partial charge >= 0.3 is 12.3 Å². The van der Waals surface area contributed by atoms with Gasteiger partial charge in [-0.1, -0.05) is 6.08 Å². The van der Waals surface area contributed by atoms with E-state index in [4.69, 9.17) is 15.3 Å². The van der Waals surface area contributed by atoms with E-state index in [-0.39, 0.29) is 13.2 Å². The molecule has 17 heavy (non-hydrogen) atoms. The molecule has 8 heteroatoms. The molecular weight excluding hydrogens is 236 g/mol. The number of carbonyl (C=O) groups excluding carboxylic acids is 1. The molecule has 100 valence electrons. The van der Waals surface area contributed by atoms with Gasteiger partial charge in [0.25, 0.3) is 0 Å². The van der Waals surface area contributed by atoms with Crippen molar-refractivity contribution >= 4 is 12.3 Å². The van der Waals surface area contributed by atoms with E-state index in [1.807, 2.05) is 0 Å². The third-order valence-electron chi connectivity index (χ3n) is 0.942. The smallest absolute Gasteiger partial charge is 0.449 e. The zero-order chi connectivity index (χ0) is 13.5. The second-order valence-electron chi connectivity index (χ2n) is 2.26. The summed E-state index contributed by atoms with van der Waals surface area (Å²) in [6.45, 7) is 2.30. The minimum absolute atomic E-state index is 0.0278. The van der Waals surface area contributed by atoms with Gasteiger partial charge in [-0.2, -0.15) is 0 Å². The van der Waals surface area contributed by atoms with E-state index in [9.17, 15) is 9.59 Å². The highest BCUT2D eigenvalue weighted by Gasteiger charge is 2.06. The monoisotopic (exact) mass is 252 g/mol. The Balaban J connectivity index is 0. The SMILES string of the molecule is CC=COC(=O)OC(=O)O.OCCOCCO. The van der Waals surface area contributed by atoms with Crippen LogP contribution in [0.1, 0.15) is 6.92 Å². The molecule has 0 saturated heterocycles. The predicted octanol–water partition coefficient (Wildman–Crippen LogP) is 0.339. The normalized spacial score (nSPS) is 9.35. The second kappa shape index (κ2) is 14.4. The van der Waals surface area contributed by atoms with Gasteiger partial charge in [0.15, 0.2) is 0 Å². The number of carboxylic acid groups (broad SMARTS) is 1. The first kappa shape index (κ1) is 17.7. The summed E-state index contributed by atoms with van der Waals surface area (Å²) in [5.74, 6) is 0. The van der Waals surface area contributed by atoms with E-state index in [0.29, 0.717) is 13.2 Å². The Kier molecular flexibility index (Phi) is 15.0. The van der Waals surface area contributed by atoms with E-state index < -0.39 is 12.3 Å². The van der Waals surface area contributed by atoms with Crippen LogP contribution in [-0.4, -0.2) is 54.1 Å². The molecule has 0 heterocycles. The van der Waals surface area contributed by atoms with Gasteiger partial charge in [-0.25, -0.2) is 9.59 Å². The molecule has 0 aliphatic heterocycles. The molecule has 3 N–H and O–H groups in total. The van der Waals surface area contributed by atoms with Crippen LogP contribution in [-0.2, 0) is 14.2 Å². The number of ether oxygens (including phenoxy) is 3. The van der Waals surface area contributed by atoms with Crippen LogP contribution in [0.2, 0.25) is 0 Å². The van der Waals surface area contributed by atoms with Gasteiger partial charge in [0.2, 0.25) is 0 Å². The minimum Gasteiger partial charge on any atom is -0.449 e. The number of allylic oxidation sites excluding steroid dienone is 1. The van der Waals surface area contributed by atoms with Gasteiger partial charge < -0.3 is 29.5 Å². The summed E-state index contributed by atoms with van der Waals surface area (Å²) < 4.78 is 12.3. The molecule has 0 amide bonds. The van der Waals surface area contributed by atoms with Crippen LogP contribution in [0.15, 0.2) is 12.3 Å². The fraction of sp³-hybridized carbons (Fsp3) is 0.556. The number of aliphatic hydroxyl groups is 2. The largest absolute Gasteiger partial charge is 0.523 e. The Morgan fingerprint density at radius 3 is 2.06 bits per heavy atom. The summed E-state index contributed by atoms with van der Waals surface area (Å²) in [4.78, 5) is 19.8. The molecule has 0 bridgehead atoms. The van der Waals surface area contributed by atoms with Gasteiger partial charge in [0.05, 0.1) is 32.7 Å². The van der Waals surface area contributed by atoms with Gasteiger partial charge in [0.1, 0.15) is 0 Å². The van der Waals surface area contributed by atoms with Crippen molar-refractivity contribution in [2.45, 2.75) is 6.92 Å². The first-order valence-electron chi connectivity index (χ1n) is 4.60. The van der Waals surface area contributed by atoms with Crippen LogP contribution in [0.25, 0.3) is 0 Å². The van der Waals surface area contributed by atoms with Crippen LogP contribution < -0.4 is 0 Å². The van der Waals surface area contributed by atoms with Crippen molar-refractivity contribution in [2.24, 2.45) is 0 Å².